The molecular formula is C39H55N13O7. The van der Waals surface area contributed by atoms with Crippen molar-refractivity contribution in [1.29, 1.82) is 0 Å². The first-order valence-electron chi connectivity index (χ1n) is 19.3. The normalized spacial score (nSPS) is 14.4. The van der Waals surface area contributed by atoms with E-state index in [1.807, 2.05) is 38.1 Å². The molecule has 0 aliphatic rings. The number of benzene rings is 1. The lowest BCUT2D eigenvalue weighted by molar-refractivity contribution is -0.134. The van der Waals surface area contributed by atoms with E-state index in [9.17, 15) is 33.6 Å². The van der Waals surface area contributed by atoms with E-state index in [0.717, 1.165) is 16.5 Å². The lowest BCUT2D eigenvalue weighted by Gasteiger charge is -2.26. The van der Waals surface area contributed by atoms with Gasteiger partial charge in [-0.1, -0.05) is 45.9 Å². The Bertz CT molecular complexity index is 2050. The fraction of sp³-hybridized carbons (Fsp3) is 0.462. The number of amides is 7. The third kappa shape index (κ3) is 13.5. The largest absolute Gasteiger partial charge is 0.368 e. The van der Waals surface area contributed by atoms with Crippen LogP contribution >= 0.6 is 0 Å². The number of hydrogen-bond donors (Lipinski definition) is 11. The van der Waals surface area contributed by atoms with Crippen LogP contribution in [0.2, 0.25) is 0 Å². The van der Waals surface area contributed by atoms with Crippen molar-refractivity contribution in [2.24, 2.45) is 23.3 Å². The second kappa shape index (κ2) is 21.3. The number of imidazole rings is 2. The highest BCUT2D eigenvalue weighted by molar-refractivity contribution is 5.97. The first-order chi connectivity index (χ1) is 28.0. The molecule has 4 aromatic rings. The maximum absolute atomic E-state index is 13.7. The standard InChI is InChI=1S/C39H55N13O7/c1-20(2)10-29(34(41)54)50-38(58)31(13-25-16-43-19-47-25)49-32(53)17-45-39(59)33(21(3)4)52-35(55)22(5)48-37(57)30(11-23-14-44-28-9-7-6-8-26(23)28)51-36(56)27(40)12-24-15-42-18-46-24/h6-9,14-16,18-22,27,29-31,33,44H,10-13,17,40H2,1-5H3,(H2,41,54)(H,42,46)(H,43,47)(H,45,59)(H,48,57)(H,49,53)(H,50,58)(H,51,56)(H,52,55)/t22-,27-,29-,30-,31-,33-/m0/s1. The van der Waals surface area contributed by atoms with Gasteiger partial charge in [0, 0.05) is 60.1 Å². The molecule has 7 amide bonds. The number of nitrogens with two attached hydrogens (primary N) is 2. The van der Waals surface area contributed by atoms with Gasteiger partial charge in [0.2, 0.25) is 41.4 Å². The van der Waals surface area contributed by atoms with Crippen molar-refractivity contribution < 1.29 is 33.6 Å². The lowest BCUT2D eigenvalue weighted by Crippen LogP contribution is -2.59. The van der Waals surface area contributed by atoms with Crippen LogP contribution < -0.4 is 43.4 Å². The number of aromatic nitrogens is 5. The number of nitrogens with one attached hydrogen (secondary N) is 9. The second-order valence-corrected chi connectivity index (χ2v) is 15.2. The van der Waals surface area contributed by atoms with Gasteiger partial charge >= 0.3 is 0 Å². The molecule has 0 radical (unpaired) electrons. The fourth-order valence-corrected chi connectivity index (χ4v) is 6.27. The summed E-state index contributed by atoms with van der Waals surface area (Å²) >= 11 is 0. The highest BCUT2D eigenvalue weighted by atomic mass is 16.2. The van der Waals surface area contributed by atoms with E-state index < -0.39 is 90.1 Å². The molecule has 3 heterocycles. The van der Waals surface area contributed by atoms with Gasteiger partial charge in [0.1, 0.15) is 30.2 Å². The van der Waals surface area contributed by atoms with E-state index in [1.54, 1.807) is 26.2 Å². The van der Waals surface area contributed by atoms with Crippen molar-refractivity contribution >= 4 is 52.3 Å². The monoisotopic (exact) mass is 817 g/mol. The Morgan fingerprint density at radius 2 is 1.29 bits per heavy atom. The molecule has 0 spiro atoms. The van der Waals surface area contributed by atoms with Gasteiger partial charge in [0.25, 0.3) is 0 Å². The van der Waals surface area contributed by atoms with E-state index in [2.05, 4.69) is 56.8 Å². The van der Waals surface area contributed by atoms with Crippen LogP contribution in [0.1, 0.15) is 58.0 Å². The predicted octanol–water partition coefficient (Wildman–Crippen LogP) is -1.28. The van der Waals surface area contributed by atoms with E-state index >= 15 is 0 Å². The summed E-state index contributed by atoms with van der Waals surface area (Å²) < 4.78 is 0. The van der Waals surface area contributed by atoms with Gasteiger partial charge in [0.05, 0.1) is 25.2 Å². The van der Waals surface area contributed by atoms with Gasteiger partial charge in [-0.05, 0) is 36.8 Å². The van der Waals surface area contributed by atoms with Crippen molar-refractivity contribution in [3.63, 3.8) is 0 Å². The Morgan fingerprint density at radius 1 is 0.678 bits per heavy atom. The van der Waals surface area contributed by atoms with Gasteiger partial charge < -0.3 is 58.3 Å². The van der Waals surface area contributed by atoms with Gasteiger partial charge in [-0.15, -0.1) is 0 Å². The molecule has 1 aromatic carbocycles. The zero-order valence-corrected chi connectivity index (χ0v) is 33.8. The molecule has 13 N–H and O–H groups in total. The van der Waals surface area contributed by atoms with Crippen LogP contribution in [0.5, 0.6) is 0 Å². The minimum Gasteiger partial charge on any atom is -0.368 e. The zero-order chi connectivity index (χ0) is 43.2. The summed E-state index contributed by atoms with van der Waals surface area (Å²) in [5.74, 6) is -5.17. The Labute approximate surface area is 341 Å². The summed E-state index contributed by atoms with van der Waals surface area (Å²) in [6.45, 7) is 7.98. The summed E-state index contributed by atoms with van der Waals surface area (Å²) in [6, 6.07) is 0.907. The van der Waals surface area contributed by atoms with E-state index in [-0.39, 0.29) is 31.6 Å². The molecule has 0 unspecified atom stereocenters. The Morgan fingerprint density at radius 3 is 1.90 bits per heavy atom. The van der Waals surface area contributed by atoms with Crippen LogP contribution in [-0.4, -0.2) is 109 Å². The molecule has 59 heavy (non-hydrogen) atoms. The molecule has 0 aliphatic heterocycles. The van der Waals surface area contributed by atoms with Crippen LogP contribution in [-0.2, 0) is 52.8 Å². The van der Waals surface area contributed by atoms with Gasteiger partial charge in [-0.2, -0.15) is 0 Å². The van der Waals surface area contributed by atoms with Gasteiger partial charge in [-0.3, -0.25) is 33.6 Å². The van der Waals surface area contributed by atoms with Crippen LogP contribution in [0, 0.1) is 11.8 Å². The SMILES string of the molecule is CC(C)C[C@H](NC(=O)[C@H](Cc1cnc[nH]1)NC(=O)CNC(=O)[C@@H](NC(=O)[C@H](C)NC(=O)[C@H](Cc1c[nH]c2ccccc12)NC(=O)[C@@H](N)Cc1cnc[nH]1)C(C)C)C(N)=O. The molecule has 318 valence electrons. The molecule has 3 aromatic heterocycles. The molecular weight excluding hydrogens is 763 g/mol. The maximum atomic E-state index is 13.7. The third-order valence-electron chi connectivity index (χ3n) is 9.48. The Hall–Kier alpha value is -6.57. The topological polar surface area (TPSA) is 317 Å². The maximum Gasteiger partial charge on any atom is 0.243 e. The number of H-pyrrole nitrogens is 3. The van der Waals surface area contributed by atoms with Crippen molar-refractivity contribution in [1.82, 2.24) is 56.8 Å². The van der Waals surface area contributed by atoms with Crippen molar-refractivity contribution in [2.45, 2.75) is 96.6 Å². The van der Waals surface area contributed by atoms with E-state index in [1.165, 1.54) is 25.8 Å². The van der Waals surface area contributed by atoms with Crippen LogP contribution in [0.3, 0.4) is 0 Å². The third-order valence-corrected chi connectivity index (χ3v) is 9.48. The second-order valence-electron chi connectivity index (χ2n) is 15.2. The average Bonchev–Trinajstić information content (AvgIpc) is 3.98. The van der Waals surface area contributed by atoms with E-state index in [0.29, 0.717) is 11.4 Å². The zero-order valence-electron chi connectivity index (χ0n) is 33.8. The highest BCUT2D eigenvalue weighted by Gasteiger charge is 2.32. The summed E-state index contributed by atoms with van der Waals surface area (Å²) in [4.78, 5) is 109. The van der Waals surface area contributed by atoms with Gasteiger partial charge in [-0.25, -0.2) is 9.97 Å². The molecule has 6 atom stereocenters. The van der Waals surface area contributed by atoms with E-state index in [4.69, 9.17) is 11.5 Å². The number of nitrogens with zero attached hydrogens (tertiary/aromatic N) is 2. The molecule has 20 nitrogen and oxygen atoms in total. The molecule has 0 fully saturated rings. The summed E-state index contributed by atoms with van der Waals surface area (Å²) in [5, 5.41) is 16.5. The average molecular weight is 818 g/mol. The quantitative estimate of drug-likeness (QED) is 0.0446. The summed E-state index contributed by atoms with van der Waals surface area (Å²) in [5.41, 5.74) is 14.4. The minimum atomic E-state index is -1.16. The number of fused-ring (bicyclic) bond motifs is 1. The first kappa shape index (κ1) is 45.1. The number of carbonyl (C=O) groups is 7. The Balaban J connectivity index is 1.38. The highest BCUT2D eigenvalue weighted by Crippen LogP contribution is 2.19. The summed E-state index contributed by atoms with van der Waals surface area (Å²) in [6.07, 6.45) is 8.13. The first-order valence-corrected chi connectivity index (χ1v) is 19.3. The van der Waals surface area contributed by atoms with Crippen LogP contribution in [0.4, 0.5) is 0 Å². The molecule has 0 saturated heterocycles. The predicted molar refractivity (Wildman–Crippen MR) is 216 cm³/mol. The lowest BCUT2D eigenvalue weighted by atomic mass is 10.0. The number of primary amides is 1. The number of carbonyl (C=O) groups excluding carboxylic acids is 7. The van der Waals surface area contributed by atoms with Crippen molar-refractivity contribution in [3.8, 4) is 0 Å². The van der Waals surface area contributed by atoms with Crippen LogP contribution in [0.25, 0.3) is 10.9 Å². The van der Waals surface area contributed by atoms with Crippen LogP contribution in [0.15, 0.2) is 55.5 Å². The fourth-order valence-electron chi connectivity index (χ4n) is 6.27. The molecule has 0 bridgehead atoms. The molecule has 20 heteroatoms. The molecule has 4 rings (SSSR count). The number of para-hydroxylation sites is 1. The van der Waals surface area contributed by atoms with Crippen molar-refractivity contribution in [2.75, 3.05) is 6.54 Å². The number of aromatic amines is 3. The van der Waals surface area contributed by atoms with Gasteiger partial charge in [0.15, 0.2) is 0 Å². The van der Waals surface area contributed by atoms with Crippen molar-refractivity contribution in [3.05, 3.63) is 72.5 Å². The Kier molecular flexibility index (Phi) is 16.3. The minimum absolute atomic E-state index is 0.00271. The number of rotatable bonds is 22. The summed E-state index contributed by atoms with van der Waals surface area (Å²) in [7, 11) is 0. The molecule has 0 aliphatic carbocycles. The smallest absolute Gasteiger partial charge is 0.243 e. The number of hydrogen-bond acceptors (Lipinski definition) is 10. The molecule has 0 saturated carbocycles.